The van der Waals surface area contributed by atoms with E-state index in [4.69, 9.17) is 18.9 Å². The van der Waals surface area contributed by atoms with Crippen LogP contribution in [0.25, 0.3) is 0 Å². The second-order valence-electron chi connectivity index (χ2n) is 30.1. The average Bonchev–Trinajstić information content (AvgIpc) is 1.57. The number of aliphatic carboxylic acids is 1. The number of carbonyl (C=O) groups excluding carboxylic acids is 2. The lowest BCUT2D eigenvalue weighted by molar-refractivity contribution is -0.870. The number of hydrogen-bond acceptors (Lipinski definition) is 7. The van der Waals surface area contributed by atoms with Crippen LogP contribution in [0.15, 0.2) is 85.1 Å². The molecule has 0 spiro atoms. The summed E-state index contributed by atoms with van der Waals surface area (Å²) in [6.07, 6.45) is 108. The molecule has 0 amide bonds. The lowest BCUT2D eigenvalue weighted by atomic mass is 10.0. The van der Waals surface area contributed by atoms with E-state index in [9.17, 15) is 19.5 Å². The van der Waals surface area contributed by atoms with Crippen LogP contribution < -0.4 is 0 Å². The Morgan fingerprint density at radius 1 is 0.313 bits per heavy atom. The van der Waals surface area contributed by atoms with E-state index < -0.39 is 18.4 Å². The number of carboxylic acids is 1. The maximum absolute atomic E-state index is 13.0. The fourth-order valence-corrected chi connectivity index (χ4v) is 12.7. The number of unbranched alkanes of at least 4 members (excludes halogenated alkanes) is 51. The molecule has 2 unspecified atom stereocenters. The van der Waals surface area contributed by atoms with Gasteiger partial charge in [0.15, 0.2) is 6.10 Å². The number of allylic oxidation sites excluding steroid dienone is 14. The van der Waals surface area contributed by atoms with Gasteiger partial charge in [0.1, 0.15) is 13.2 Å². The lowest BCUT2D eigenvalue weighted by Gasteiger charge is -2.25. The molecular formula is C90H164NO8+. The van der Waals surface area contributed by atoms with Crippen molar-refractivity contribution in [2.24, 2.45) is 0 Å². The minimum atomic E-state index is -1.51. The van der Waals surface area contributed by atoms with Gasteiger partial charge in [-0.25, -0.2) is 4.79 Å². The van der Waals surface area contributed by atoms with Crippen LogP contribution >= 0.6 is 0 Å². The summed E-state index contributed by atoms with van der Waals surface area (Å²) in [5, 5.41) is 9.78. The molecule has 0 aromatic carbocycles. The molecule has 0 aromatic rings. The molecule has 0 radical (unpaired) electrons. The first-order chi connectivity index (χ1) is 48.6. The summed E-state index contributed by atoms with van der Waals surface area (Å²) >= 11 is 0. The molecule has 0 aliphatic rings. The van der Waals surface area contributed by atoms with Gasteiger partial charge in [0.05, 0.1) is 34.4 Å². The second-order valence-corrected chi connectivity index (χ2v) is 30.1. The molecule has 0 heterocycles. The van der Waals surface area contributed by atoms with Crippen LogP contribution in [-0.4, -0.2) is 87.4 Å². The quantitative estimate of drug-likeness (QED) is 0.0211. The molecule has 0 fully saturated rings. The predicted molar refractivity (Wildman–Crippen MR) is 429 cm³/mol. The molecule has 1 N–H and O–H groups in total. The largest absolute Gasteiger partial charge is 0.477 e. The summed E-state index contributed by atoms with van der Waals surface area (Å²) < 4.78 is 23.1. The van der Waals surface area contributed by atoms with Gasteiger partial charge >= 0.3 is 17.9 Å². The number of nitrogens with zero attached hydrogens (tertiary/aromatic N) is 1. The Morgan fingerprint density at radius 3 is 0.869 bits per heavy atom. The molecule has 99 heavy (non-hydrogen) atoms. The molecule has 9 nitrogen and oxygen atoms in total. The summed E-state index contributed by atoms with van der Waals surface area (Å²) in [6.45, 7) is 4.82. The number of likely N-dealkylation sites (N-methyl/N-ethyl adjacent to an activating group) is 1. The van der Waals surface area contributed by atoms with Gasteiger partial charge in [-0.15, -0.1) is 0 Å². The van der Waals surface area contributed by atoms with Gasteiger partial charge in [-0.1, -0.05) is 394 Å². The second kappa shape index (κ2) is 80.2. The van der Waals surface area contributed by atoms with Crippen LogP contribution in [0.1, 0.15) is 412 Å². The Bertz CT molecular complexity index is 1910. The van der Waals surface area contributed by atoms with Crippen molar-refractivity contribution in [1.29, 1.82) is 0 Å². The van der Waals surface area contributed by atoms with Gasteiger partial charge in [-0.2, -0.15) is 0 Å². The first kappa shape index (κ1) is 95.5. The molecule has 0 rings (SSSR count). The highest BCUT2D eigenvalue weighted by atomic mass is 16.7. The van der Waals surface area contributed by atoms with Crippen molar-refractivity contribution in [2.75, 3.05) is 47.5 Å². The third-order valence-corrected chi connectivity index (χ3v) is 19.1. The number of rotatable bonds is 80. The highest BCUT2D eigenvalue weighted by Gasteiger charge is 2.25. The molecule has 0 saturated heterocycles. The van der Waals surface area contributed by atoms with Crippen molar-refractivity contribution >= 4 is 17.9 Å². The number of carboxylic acid groups (broad SMARTS) is 1. The summed E-state index contributed by atoms with van der Waals surface area (Å²) in [4.78, 5) is 37.8. The first-order valence-corrected chi connectivity index (χ1v) is 42.8. The van der Waals surface area contributed by atoms with Crippen LogP contribution in [0.4, 0.5) is 0 Å². The predicted octanol–water partition coefficient (Wildman–Crippen LogP) is 27.7. The summed E-state index contributed by atoms with van der Waals surface area (Å²) in [5.74, 6) is -1.98. The summed E-state index contributed by atoms with van der Waals surface area (Å²) in [6, 6.07) is 0. The Morgan fingerprint density at radius 2 is 0.576 bits per heavy atom. The van der Waals surface area contributed by atoms with Gasteiger partial charge in [0.25, 0.3) is 6.29 Å². The van der Waals surface area contributed by atoms with E-state index in [0.29, 0.717) is 17.4 Å². The monoisotopic (exact) mass is 1390 g/mol. The van der Waals surface area contributed by atoms with Gasteiger partial charge in [-0.05, 0) is 89.9 Å². The Balaban J connectivity index is 3.94. The summed E-state index contributed by atoms with van der Waals surface area (Å²) in [5.41, 5.74) is 0. The zero-order chi connectivity index (χ0) is 71.8. The minimum Gasteiger partial charge on any atom is -0.477 e. The topological polar surface area (TPSA) is 108 Å². The maximum Gasteiger partial charge on any atom is 0.361 e. The minimum absolute atomic E-state index is 0.180. The summed E-state index contributed by atoms with van der Waals surface area (Å²) in [7, 11) is 5.99. The van der Waals surface area contributed by atoms with Crippen molar-refractivity contribution < 1.29 is 42.9 Å². The normalized spacial score (nSPS) is 13.0. The van der Waals surface area contributed by atoms with Crippen molar-refractivity contribution in [3.8, 4) is 0 Å². The van der Waals surface area contributed by atoms with E-state index in [1.807, 2.05) is 21.1 Å². The molecule has 576 valence electrons. The molecule has 2 atom stereocenters. The highest BCUT2D eigenvalue weighted by molar-refractivity contribution is 5.71. The third-order valence-electron chi connectivity index (χ3n) is 19.1. The Hall–Kier alpha value is -3.53. The van der Waals surface area contributed by atoms with Gasteiger partial charge in [0.2, 0.25) is 0 Å². The fraction of sp³-hybridized carbons (Fsp3) is 0.811. The highest BCUT2D eigenvalue weighted by Crippen LogP contribution is 2.20. The smallest absolute Gasteiger partial charge is 0.361 e. The Kier molecular flexibility index (Phi) is 77.3. The van der Waals surface area contributed by atoms with E-state index in [0.717, 1.165) is 77.0 Å². The van der Waals surface area contributed by atoms with Crippen LogP contribution in [0.3, 0.4) is 0 Å². The average molecular weight is 1390 g/mol. The Labute approximate surface area is 614 Å². The van der Waals surface area contributed by atoms with Crippen molar-refractivity contribution in [3.05, 3.63) is 85.1 Å². The van der Waals surface area contributed by atoms with Crippen LogP contribution in [0, 0.1) is 0 Å². The number of quaternary nitrogens is 1. The lowest BCUT2D eigenvalue weighted by Crippen LogP contribution is -2.40. The number of ether oxygens (including phenoxy) is 4. The molecule has 0 aromatic heterocycles. The molecule has 0 saturated carbocycles. The number of carbonyl (C=O) groups is 3. The fourth-order valence-electron chi connectivity index (χ4n) is 12.7. The van der Waals surface area contributed by atoms with Gasteiger partial charge < -0.3 is 28.5 Å². The van der Waals surface area contributed by atoms with Crippen molar-refractivity contribution in [2.45, 2.75) is 424 Å². The molecule has 0 aliphatic carbocycles. The van der Waals surface area contributed by atoms with Gasteiger partial charge in [0, 0.05) is 12.8 Å². The first-order valence-electron chi connectivity index (χ1n) is 42.8. The third kappa shape index (κ3) is 81.6. The van der Waals surface area contributed by atoms with Crippen LogP contribution in [0.5, 0.6) is 0 Å². The molecule has 0 aliphatic heterocycles. The van der Waals surface area contributed by atoms with Crippen LogP contribution in [0.2, 0.25) is 0 Å². The van der Waals surface area contributed by atoms with E-state index in [1.54, 1.807) is 0 Å². The molecule has 9 heteroatoms. The SMILES string of the molecule is CC/C=C\C/C=C\C/C=C\C/C=C\C/C=C\C/C=C\CCCCCCCCCCCCCCCCC(=O)OC(COC(=O)CCCCCCCCCCCCCCCCCCCCCCCCCCCCCCC/C=C\CCCCCCCCCC)COC(OCC[N+](C)(C)C)C(=O)O. The molecule has 0 bridgehead atoms. The van der Waals surface area contributed by atoms with E-state index >= 15 is 0 Å². The van der Waals surface area contributed by atoms with Crippen molar-refractivity contribution in [3.63, 3.8) is 0 Å². The zero-order valence-corrected chi connectivity index (χ0v) is 66.2. The van der Waals surface area contributed by atoms with E-state index in [-0.39, 0.29) is 38.2 Å². The zero-order valence-electron chi connectivity index (χ0n) is 66.2. The molecular weight excluding hydrogens is 1220 g/mol. The maximum atomic E-state index is 13.0. The van der Waals surface area contributed by atoms with Crippen LogP contribution in [-0.2, 0) is 33.3 Å². The van der Waals surface area contributed by atoms with Gasteiger partial charge in [-0.3, -0.25) is 9.59 Å². The standard InChI is InChI=1S/C90H163NO8/c1-6-8-10-12-14-16-18-20-22-24-26-28-30-32-34-36-38-40-41-42-43-44-45-46-47-49-50-52-54-56-58-60-62-64-66-68-70-72-74-76-78-80-87(92)97-84-86(85-98-90(89(94)95)96-83-82-91(3,4)5)99-88(93)81-79-77-75-73-71-69-67-65-63-61-59-57-55-53-51-48-39-37-35-33-31-29-27-25-23-21-19-17-15-13-11-9-7-2/h9,11,15,17,21,23-24,26-27,29,33,35,39,48,86,90H,6-8,10,12-14,16,18-20,22,25,28,30-32,34,36-38,40-47,49-85H2,1-5H3/p+1/b11-9-,17-15-,23-21-,26-24-,29-27-,35-33-,48-39-. The van der Waals surface area contributed by atoms with Crippen molar-refractivity contribution in [1.82, 2.24) is 0 Å². The number of esters is 2. The number of hydrogen-bond donors (Lipinski definition) is 1. The van der Waals surface area contributed by atoms with E-state index in [1.165, 1.54) is 308 Å². The van der Waals surface area contributed by atoms with E-state index in [2.05, 4.69) is 98.9 Å².